The van der Waals surface area contributed by atoms with Crippen molar-refractivity contribution in [2.24, 2.45) is 5.92 Å². The SMILES string of the molecule is CC(C)(C(=O)Nc1ccc(OCC2CC2)cn1)N1CCC(F)(F)[C@@H](c2ccc(=O)[nH]c2)C1.[HH].[HH]. The molecule has 2 fully saturated rings. The number of rotatable bonds is 7. The van der Waals surface area contributed by atoms with E-state index in [9.17, 15) is 18.4 Å². The quantitative estimate of drug-likeness (QED) is 0.668. The molecular formula is C23H32F2N4O3. The van der Waals surface area contributed by atoms with Gasteiger partial charge in [-0.05, 0) is 50.3 Å². The number of aromatic amines is 1. The van der Waals surface area contributed by atoms with Gasteiger partial charge in [-0.3, -0.25) is 14.5 Å². The molecule has 1 aliphatic carbocycles. The zero-order chi connectivity index (χ0) is 22.9. The molecule has 0 unspecified atom stereocenters. The molecule has 1 atom stereocenters. The van der Waals surface area contributed by atoms with Crippen LogP contribution in [0.25, 0.3) is 0 Å². The molecule has 1 amide bonds. The van der Waals surface area contributed by atoms with E-state index in [1.807, 2.05) is 0 Å². The average Bonchev–Trinajstić information content (AvgIpc) is 3.58. The second-order valence-electron chi connectivity index (χ2n) is 9.14. The summed E-state index contributed by atoms with van der Waals surface area (Å²) in [5, 5.41) is 2.78. The molecule has 1 saturated carbocycles. The van der Waals surface area contributed by atoms with E-state index >= 15 is 0 Å². The summed E-state index contributed by atoms with van der Waals surface area (Å²) in [5.74, 6) is -2.73. The lowest BCUT2D eigenvalue weighted by atomic mass is 9.85. The molecule has 0 bridgehead atoms. The standard InChI is InChI=1S/C23H28F2N4O3.2H2/c1-22(2,21(31)28-19-7-6-17(12-26-19)32-14-15-3-4-15)29-10-9-23(24,25)18(13-29)16-5-8-20(30)27-11-16;;/h5-8,11-12,15,18H,3-4,9-10,13-14H2,1-2H3,(H,27,30)(H,26,28,31);2*1H/t18-;;/m1../s1. The van der Waals surface area contributed by atoms with Crippen molar-refractivity contribution in [1.82, 2.24) is 14.9 Å². The maximum atomic E-state index is 14.7. The number of ether oxygens (including phenoxy) is 1. The molecule has 2 aliphatic rings. The van der Waals surface area contributed by atoms with Crippen LogP contribution in [0.3, 0.4) is 0 Å². The van der Waals surface area contributed by atoms with Gasteiger partial charge in [0.25, 0.3) is 5.92 Å². The minimum absolute atomic E-state index is 0. The average molecular weight is 451 g/mol. The normalized spacial score (nSPS) is 21.2. The van der Waals surface area contributed by atoms with E-state index in [2.05, 4.69) is 15.3 Å². The predicted octanol–water partition coefficient (Wildman–Crippen LogP) is 3.89. The van der Waals surface area contributed by atoms with Crippen molar-refractivity contribution < 1.29 is 21.2 Å². The van der Waals surface area contributed by atoms with Gasteiger partial charge in [-0.2, -0.15) is 0 Å². The summed E-state index contributed by atoms with van der Waals surface area (Å²) in [5.41, 5.74) is -1.04. The topological polar surface area (TPSA) is 87.3 Å². The molecule has 2 N–H and O–H groups in total. The minimum atomic E-state index is -2.93. The van der Waals surface area contributed by atoms with Gasteiger partial charge in [-0.25, -0.2) is 13.8 Å². The Kier molecular flexibility index (Phi) is 6.03. The number of hydrogen-bond donors (Lipinski definition) is 2. The van der Waals surface area contributed by atoms with Crippen molar-refractivity contribution in [3.63, 3.8) is 0 Å². The van der Waals surface area contributed by atoms with Gasteiger partial charge in [-0.15, -0.1) is 0 Å². The van der Waals surface area contributed by atoms with Crippen LogP contribution < -0.4 is 15.6 Å². The summed E-state index contributed by atoms with van der Waals surface area (Å²) in [6.07, 6.45) is 4.91. The number of likely N-dealkylation sites (tertiary alicyclic amines) is 1. The smallest absolute Gasteiger partial charge is 0.257 e. The number of anilines is 1. The Morgan fingerprint density at radius 1 is 1.34 bits per heavy atom. The van der Waals surface area contributed by atoms with Gasteiger partial charge >= 0.3 is 0 Å². The van der Waals surface area contributed by atoms with Crippen LogP contribution in [0.15, 0.2) is 41.5 Å². The van der Waals surface area contributed by atoms with E-state index in [-0.39, 0.29) is 33.8 Å². The molecule has 0 radical (unpaired) electrons. The summed E-state index contributed by atoms with van der Waals surface area (Å²) < 4.78 is 35.0. The Balaban J connectivity index is 0.00000204. The number of carbonyl (C=O) groups is 1. The molecule has 176 valence electrons. The first kappa shape index (κ1) is 22.4. The van der Waals surface area contributed by atoms with E-state index in [0.29, 0.717) is 29.7 Å². The Morgan fingerprint density at radius 3 is 2.75 bits per heavy atom. The molecule has 1 saturated heterocycles. The van der Waals surface area contributed by atoms with Crippen molar-refractivity contribution in [3.05, 3.63) is 52.6 Å². The largest absolute Gasteiger partial charge is 0.492 e. The number of aromatic nitrogens is 2. The van der Waals surface area contributed by atoms with Crippen molar-refractivity contribution >= 4 is 11.7 Å². The Morgan fingerprint density at radius 2 is 2.12 bits per heavy atom. The van der Waals surface area contributed by atoms with Gasteiger partial charge in [-0.1, -0.05) is 6.07 Å². The van der Waals surface area contributed by atoms with Crippen LogP contribution in [0, 0.1) is 5.92 Å². The first-order valence-corrected chi connectivity index (χ1v) is 10.9. The fourth-order valence-corrected chi connectivity index (χ4v) is 3.85. The third kappa shape index (κ3) is 4.98. The van der Waals surface area contributed by atoms with E-state index < -0.39 is 17.4 Å². The van der Waals surface area contributed by atoms with Gasteiger partial charge in [0.15, 0.2) is 0 Å². The zero-order valence-corrected chi connectivity index (χ0v) is 18.2. The lowest BCUT2D eigenvalue weighted by Gasteiger charge is -2.45. The minimum Gasteiger partial charge on any atom is -0.492 e. The highest BCUT2D eigenvalue weighted by molar-refractivity contribution is 5.96. The van der Waals surface area contributed by atoms with Crippen LogP contribution >= 0.6 is 0 Å². The maximum absolute atomic E-state index is 14.7. The number of piperidine rings is 1. The highest BCUT2D eigenvalue weighted by Crippen LogP contribution is 2.41. The maximum Gasteiger partial charge on any atom is 0.257 e. The lowest BCUT2D eigenvalue weighted by Crippen LogP contribution is -2.58. The number of nitrogens with one attached hydrogen (secondary N) is 2. The van der Waals surface area contributed by atoms with Crippen molar-refractivity contribution in [1.29, 1.82) is 0 Å². The molecule has 32 heavy (non-hydrogen) atoms. The van der Waals surface area contributed by atoms with Gasteiger partial charge in [0.2, 0.25) is 11.5 Å². The number of alkyl halides is 2. The van der Waals surface area contributed by atoms with Gasteiger partial charge < -0.3 is 15.0 Å². The first-order valence-electron chi connectivity index (χ1n) is 10.9. The van der Waals surface area contributed by atoms with E-state index in [1.165, 1.54) is 31.2 Å². The summed E-state index contributed by atoms with van der Waals surface area (Å²) in [7, 11) is 0. The van der Waals surface area contributed by atoms with Gasteiger partial charge in [0.1, 0.15) is 11.6 Å². The van der Waals surface area contributed by atoms with E-state index in [0.717, 1.165) is 0 Å². The van der Waals surface area contributed by atoms with Crippen molar-refractivity contribution in [2.75, 3.05) is 25.0 Å². The fraction of sp³-hybridized carbons (Fsp3) is 0.522. The third-order valence-electron chi connectivity index (χ3n) is 6.35. The molecule has 1 aliphatic heterocycles. The van der Waals surface area contributed by atoms with Crippen LogP contribution in [-0.4, -0.2) is 51.9 Å². The summed E-state index contributed by atoms with van der Waals surface area (Å²) in [4.78, 5) is 32.8. The third-order valence-corrected chi connectivity index (χ3v) is 6.35. The lowest BCUT2D eigenvalue weighted by molar-refractivity contribution is -0.134. The van der Waals surface area contributed by atoms with E-state index in [1.54, 1.807) is 37.1 Å². The Labute approximate surface area is 188 Å². The summed E-state index contributed by atoms with van der Waals surface area (Å²) >= 11 is 0. The molecule has 7 nitrogen and oxygen atoms in total. The van der Waals surface area contributed by atoms with Crippen LogP contribution in [-0.2, 0) is 4.79 Å². The van der Waals surface area contributed by atoms with Crippen LogP contribution in [0.5, 0.6) is 5.75 Å². The second kappa shape index (κ2) is 8.61. The molecular weight excluding hydrogens is 418 g/mol. The summed E-state index contributed by atoms with van der Waals surface area (Å²) in [6, 6.07) is 6.09. The molecule has 2 aromatic heterocycles. The Bertz CT molecular complexity index is 1010. The molecule has 9 heteroatoms. The predicted molar refractivity (Wildman–Crippen MR) is 120 cm³/mol. The number of H-pyrrole nitrogens is 1. The highest BCUT2D eigenvalue weighted by Gasteiger charge is 2.49. The van der Waals surface area contributed by atoms with Crippen LogP contribution in [0.2, 0.25) is 0 Å². The summed E-state index contributed by atoms with van der Waals surface area (Å²) in [6.45, 7) is 4.16. The highest BCUT2D eigenvalue weighted by atomic mass is 19.3. The number of hydrogen-bond acceptors (Lipinski definition) is 5. The van der Waals surface area contributed by atoms with Crippen LogP contribution in [0.4, 0.5) is 14.6 Å². The molecule has 4 rings (SSSR count). The second-order valence-corrected chi connectivity index (χ2v) is 9.14. The monoisotopic (exact) mass is 450 g/mol. The first-order chi connectivity index (χ1) is 15.1. The molecule has 0 spiro atoms. The van der Waals surface area contributed by atoms with Gasteiger partial charge in [0, 0.05) is 34.6 Å². The number of nitrogens with zero attached hydrogens (tertiary/aromatic N) is 2. The fourth-order valence-electron chi connectivity index (χ4n) is 3.85. The molecule has 0 aromatic carbocycles. The number of carbonyl (C=O) groups excluding carboxylic acids is 1. The molecule has 3 heterocycles. The zero-order valence-electron chi connectivity index (χ0n) is 18.2. The number of halogens is 2. The van der Waals surface area contributed by atoms with Gasteiger partial charge in [0.05, 0.1) is 24.3 Å². The number of pyridine rings is 2. The van der Waals surface area contributed by atoms with Crippen LogP contribution in [0.1, 0.15) is 47.4 Å². The molecule has 2 aromatic rings. The van der Waals surface area contributed by atoms with E-state index in [4.69, 9.17) is 4.74 Å². The van der Waals surface area contributed by atoms with Crippen molar-refractivity contribution in [3.8, 4) is 5.75 Å². The Hall–Kier alpha value is -2.81. The number of amides is 1. The van der Waals surface area contributed by atoms with Crippen molar-refractivity contribution in [2.45, 2.75) is 50.5 Å².